The van der Waals surface area contributed by atoms with E-state index >= 15 is 0 Å². The predicted octanol–water partition coefficient (Wildman–Crippen LogP) is 3.55. The van der Waals surface area contributed by atoms with Crippen molar-refractivity contribution in [3.05, 3.63) is 29.8 Å². The van der Waals surface area contributed by atoms with Gasteiger partial charge in [0.2, 0.25) is 0 Å². The van der Waals surface area contributed by atoms with Crippen molar-refractivity contribution in [3.63, 3.8) is 0 Å². The van der Waals surface area contributed by atoms with Crippen LogP contribution in [0.25, 0.3) is 0 Å². The lowest BCUT2D eigenvalue weighted by Crippen LogP contribution is -2.30. The largest absolute Gasteiger partial charge is 0.494 e. The average Bonchev–Trinajstić information content (AvgIpc) is 2.41. The van der Waals surface area contributed by atoms with Gasteiger partial charge < -0.3 is 14.8 Å². The zero-order valence-electron chi connectivity index (χ0n) is 12.8. The molecule has 0 fully saturated rings. The summed E-state index contributed by atoms with van der Waals surface area (Å²) in [6.07, 6.45) is 0.997. The van der Waals surface area contributed by atoms with Crippen molar-refractivity contribution >= 4 is 0 Å². The van der Waals surface area contributed by atoms with Crippen LogP contribution >= 0.6 is 0 Å². The molecule has 0 heterocycles. The van der Waals surface area contributed by atoms with Crippen LogP contribution in [0.15, 0.2) is 24.3 Å². The van der Waals surface area contributed by atoms with Crippen molar-refractivity contribution < 1.29 is 9.47 Å². The maximum Gasteiger partial charge on any atom is 0.124 e. The van der Waals surface area contributed by atoms with E-state index in [1.165, 1.54) is 0 Å². The summed E-state index contributed by atoms with van der Waals surface area (Å²) in [5.74, 6) is 0.933. The number of benzene rings is 1. The van der Waals surface area contributed by atoms with Gasteiger partial charge in [-0.2, -0.15) is 0 Å². The van der Waals surface area contributed by atoms with E-state index in [9.17, 15) is 0 Å². The maximum absolute atomic E-state index is 6.00. The molecule has 1 aromatic rings. The Labute approximate surface area is 117 Å². The van der Waals surface area contributed by atoms with Crippen LogP contribution in [0, 0.1) is 0 Å². The first-order valence-corrected chi connectivity index (χ1v) is 7.07. The quantitative estimate of drug-likeness (QED) is 0.779. The fraction of sp³-hybridized carbons (Fsp3) is 0.625. The lowest BCUT2D eigenvalue weighted by Gasteiger charge is -2.27. The van der Waals surface area contributed by atoms with E-state index in [-0.39, 0.29) is 11.6 Å². The third-order valence-electron chi connectivity index (χ3n) is 3.43. The fourth-order valence-corrected chi connectivity index (χ4v) is 1.79. The van der Waals surface area contributed by atoms with E-state index in [4.69, 9.17) is 9.47 Å². The molecule has 0 saturated heterocycles. The summed E-state index contributed by atoms with van der Waals surface area (Å²) < 4.78 is 11.7. The van der Waals surface area contributed by atoms with Crippen molar-refractivity contribution in [2.75, 3.05) is 20.3 Å². The Morgan fingerprint density at radius 2 is 1.89 bits per heavy atom. The Kier molecular flexibility index (Phi) is 6.32. The summed E-state index contributed by atoms with van der Waals surface area (Å²) in [6.45, 7) is 9.70. The molecule has 3 heteroatoms. The summed E-state index contributed by atoms with van der Waals surface area (Å²) in [5, 5.41) is 3.31. The van der Waals surface area contributed by atoms with Gasteiger partial charge in [0.25, 0.3) is 0 Å². The highest BCUT2D eigenvalue weighted by molar-refractivity contribution is 5.36. The highest BCUT2D eigenvalue weighted by Crippen LogP contribution is 2.26. The third-order valence-corrected chi connectivity index (χ3v) is 3.43. The molecule has 0 aliphatic heterocycles. The average molecular weight is 265 g/mol. The predicted molar refractivity (Wildman–Crippen MR) is 79.7 cm³/mol. The Hall–Kier alpha value is -1.06. The molecule has 3 nitrogen and oxygen atoms in total. The first-order chi connectivity index (χ1) is 9.04. The lowest BCUT2D eigenvalue weighted by molar-refractivity contribution is -0.0302. The van der Waals surface area contributed by atoms with Gasteiger partial charge >= 0.3 is 0 Å². The van der Waals surface area contributed by atoms with Gasteiger partial charge in [0, 0.05) is 5.56 Å². The first-order valence-electron chi connectivity index (χ1n) is 7.07. The Morgan fingerprint density at radius 3 is 2.47 bits per heavy atom. The summed E-state index contributed by atoms with van der Waals surface area (Å²) in [4.78, 5) is 0. The standard InChI is InChI=1S/C16H27NO2/c1-6-16(3,4)19-12-14(17-5)13-10-8-9-11-15(13)18-7-2/h8-11,14,17H,6-7,12H2,1-5H3. The van der Waals surface area contributed by atoms with Crippen molar-refractivity contribution in [2.24, 2.45) is 0 Å². The molecule has 19 heavy (non-hydrogen) atoms. The van der Waals surface area contributed by atoms with Crippen molar-refractivity contribution in [1.29, 1.82) is 0 Å². The molecule has 0 aliphatic carbocycles. The molecule has 0 saturated carbocycles. The number of ether oxygens (including phenoxy) is 2. The normalized spacial score (nSPS) is 13.3. The van der Waals surface area contributed by atoms with Gasteiger partial charge in [-0.3, -0.25) is 0 Å². The van der Waals surface area contributed by atoms with E-state index in [2.05, 4.69) is 32.2 Å². The van der Waals surface area contributed by atoms with Gasteiger partial charge in [-0.25, -0.2) is 0 Å². The van der Waals surface area contributed by atoms with Crippen molar-refractivity contribution in [3.8, 4) is 5.75 Å². The van der Waals surface area contributed by atoms with E-state index in [1.54, 1.807) is 0 Å². The minimum atomic E-state index is -0.0876. The SMILES string of the molecule is CCOc1ccccc1C(COC(C)(C)CC)NC. The smallest absolute Gasteiger partial charge is 0.124 e. The van der Waals surface area contributed by atoms with Crippen LogP contribution in [0.1, 0.15) is 45.7 Å². The van der Waals surface area contributed by atoms with E-state index in [0.29, 0.717) is 13.2 Å². The number of para-hydroxylation sites is 1. The molecule has 1 aromatic carbocycles. The molecule has 0 bridgehead atoms. The van der Waals surface area contributed by atoms with Crippen LogP contribution in [-0.4, -0.2) is 25.9 Å². The zero-order valence-corrected chi connectivity index (χ0v) is 12.8. The summed E-state index contributed by atoms with van der Waals surface area (Å²) in [5.41, 5.74) is 1.06. The molecule has 0 amide bonds. The molecule has 0 spiro atoms. The highest BCUT2D eigenvalue weighted by Gasteiger charge is 2.20. The number of hydrogen-bond donors (Lipinski definition) is 1. The molecule has 0 radical (unpaired) electrons. The molecule has 1 rings (SSSR count). The van der Waals surface area contributed by atoms with Gasteiger partial charge in [-0.1, -0.05) is 25.1 Å². The molecule has 0 aliphatic rings. The molecule has 1 unspecified atom stereocenters. The molecule has 108 valence electrons. The second-order valence-corrected chi connectivity index (χ2v) is 5.24. The van der Waals surface area contributed by atoms with Crippen LogP contribution in [0.3, 0.4) is 0 Å². The lowest BCUT2D eigenvalue weighted by atomic mass is 10.0. The molecule has 1 N–H and O–H groups in total. The molecular weight excluding hydrogens is 238 g/mol. The maximum atomic E-state index is 6.00. The van der Waals surface area contributed by atoms with E-state index < -0.39 is 0 Å². The topological polar surface area (TPSA) is 30.5 Å². The summed E-state index contributed by atoms with van der Waals surface area (Å²) in [7, 11) is 1.95. The fourth-order valence-electron chi connectivity index (χ4n) is 1.79. The van der Waals surface area contributed by atoms with Gasteiger partial charge in [0.05, 0.1) is 24.9 Å². The number of nitrogens with one attached hydrogen (secondary N) is 1. The third kappa shape index (κ3) is 4.84. The Morgan fingerprint density at radius 1 is 1.21 bits per heavy atom. The molecule has 0 aromatic heterocycles. The van der Waals surface area contributed by atoms with Gasteiger partial charge in [-0.15, -0.1) is 0 Å². The number of rotatable bonds is 8. The van der Waals surface area contributed by atoms with Crippen molar-refractivity contribution in [2.45, 2.75) is 45.8 Å². The summed E-state index contributed by atoms with van der Waals surface area (Å²) in [6, 6.07) is 8.28. The van der Waals surface area contributed by atoms with Gasteiger partial charge in [0.15, 0.2) is 0 Å². The highest BCUT2D eigenvalue weighted by atomic mass is 16.5. The minimum Gasteiger partial charge on any atom is -0.494 e. The second-order valence-electron chi connectivity index (χ2n) is 5.24. The van der Waals surface area contributed by atoms with Crippen LogP contribution < -0.4 is 10.1 Å². The zero-order chi connectivity index (χ0) is 14.3. The minimum absolute atomic E-state index is 0.0876. The van der Waals surface area contributed by atoms with Crippen molar-refractivity contribution in [1.82, 2.24) is 5.32 Å². The second kappa shape index (κ2) is 7.51. The Balaban J connectivity index is 2.79. The van der Waals surface area contributed by atoms with Crippen LogP contribution in [0.2, 0.25) is 0 Å². The number of likely N-dealkylation sites (N-methyl/N-ethyl adjacent to an activating group) is 1. The monoisotopic (exact) mass is 265 g/mol. The first kappa shape index (κ1) is 16.0. The van der Waals surface area contributed by atoms with E-state index in [0.717, 1.165) is 17.7 Å². The summed E-state index contributed by atoms with van der Waals surface area (Å²) >= 11 is 0. The molecular formula is C16H27NO2. The van der Waals surface area contributed by atoms with E-state index in [1.807, 2.05) is 32.2 Å². The van der Waals surface area contributed by atoms with Gasteiger partial charge in [-0.05, 0) is 40.3 Å². The Bertz CT molecular complexity index is 377. The van der Waals surface area contributed by atoms with Crippen LogP contribution in [0.5, 0.6) is 5.75 Å². The van der Waals surface area contributed by atoms with Crippen LogP contribution in [-0.2, 0) is 4.74 Å². The van der Waals surface area contributed by atoms with Crippen LogP contribution in [0.4, 0.5) is 0 Å². The number of hydrogen-bond acceptors (Lipinski definition) is 3. The molecule has 1 atom stereocenters. The van der Waals surface area contributed by atoms with Gasteiger partial charge in [0.1, 0.15) is 5.75 Å².